The first kappa shape index (κ1) is 18.0. The van der Waals surface area contributed by atoms with Gasteiger partial charge in [0, 0.05) is 37.0 Å². The Labute approximate surface area is 162 Å². The van der Waals surface area contributed by atoms with Crippen LogP contribution in [0.4, 0.5) is 4.79 Å². The second-order valence-corrected chi connectivity index (χ2v) is 8.28. The van der Waals surface area contributed by atoms with Gasteiger partial charge < -0.3 is 15.3 Å². The Morgan fingerprint density at radius 2 is 2.15 bits per heavy atom. The number of nitrogens with one attached hydrogen (secondary N) is 1. The van der Waals surface area contributed by atoms with E-state index in [2.05, 4.69) is 10.3 Å². The molecule has 1 saturated heterocycles. The van der Waals surface area contributed by atoms with Crippen LogP contribution in [0.5, 0.6) is 0 Å². The van der Waals surface area contributed by atoms with Crippen LogP contribution < -0.4 is 5.32 Å². The maximum atomic E-state index is 12.5. The monoisotopic (exact) mass is 385 g/mol. The summed E-state index contributed by atoms with van der Waals surface area (Å²) >= 11 is 1.60. The Bertz CT molecular complexity index is 838. The van der Waals surface area contributed by atoms with Gasteiger partial charge in [0.25, 0.3) is 0 Å². The largest absolute Gasteiger partial charge is 0.481 e. The minimum absolute atomic E-state index is 0.0905. The van der Waals surface area contributed by atoms with Crippen molar-refractivity contribution in [3.05, 3.63) is 41.4 Å². The van der Waals surface area contributed by atoms with Crippen molar-refractivity contribution >= 4 is 23.3 Å². The van der Waals surface area contributed by atoms with Crippen LogP contribution in [0.2, 0.25) is 0 Å². The minimum atomic E-state index is -0.754. The summed E-state index contributed by atoms with van der Waals surface area (Å²) < 4.78 is 0. The zero-order chi connectivity index (χ0) is 18.9. The summed E-state index contributed by atoms with van der Waals surface area (Å²) in [5.74, 6) is -0.663. The van der Waals surface area contributed by atoms with Crippen LogP contribution in [0.25, 0.3) is 10.6 Å². The summed E-state index contributed by atoms with van der Waals surface area (Å²) in [7, 11) is 0. The topological polar surface area (TPSA) is 82.5 Å². The van der Waals surface area contributed by atoms with E-state index < -0.39 is 11.4 Å². The van der Waals surface area contributed by atoms with E-state index in [4.69, 9.17) is 0 Å². The fourth-order valence-corrected chi connectivity index (χ4v) is 5.20. The predicted octanol–water partition coefficient (Wildman–Crippen LogP) is 3.25. The van der Waals surface area contributed by atoms with Gasteiger partial charge in [0.05, 0.1) is 11.1 Å². The van der Waals surface area contributed by atoms with Crippen LogP contribution in [-0.4, -0.2) is 46.6 Å². The van der Waals surface area contributed by atoms with E-state index in [1.165, 1.54) is 0 Å². The maximum absolute atomic E-state index is 12.5. The van der Waals surface area contributed by atoms with Crippen molar-refractivity contribution in [2.75, 3.05) is 19.6 Å². The molecule has 27 heavy (non-hydrogen) atoms. The van der Waals surface area contributed by atoms with E-state index in [0.717, 1.165) is 29.1 Å². The van der Waals surface area contributed by atoms with Crippen LogP contribution >= 0.6 is 11.3 Å². The molecule has 2 amide bonds. The molecule has 0 radical (unpaired) electrons. The summed E-state index contributed by atoms with van der Waals surface area (Å²) in [5, 5.41) is 15.6. The lowest BCUT2D eigenvalue weighted by Gasteiger charge is -2.23. The third-order valence-electron chi connectivity index (χ3n) is 5.81. The summed E-state index contributed by atoms with van der Waals surface area (Å²) in [5.41, 5.74) is 1.33. The van der Waals surface area contributed by atoms with Crippen molar-refractivity contribution < 1.29 is 14.7 Å². The molecule has 2 heterocycles. The van der Waals surface area contributed by atoms with Gasteiger partial charge in [0.15, 0.2) is 0 Å². The summed E-state index contributed by atoms with van der Waals surface area (Å²) in [6, 6.07) is 9.87. The number of rotatable bonds is 5. The molecule has 0 bridgehead atoms. The predicted molar refractivity (Wildman–Crippen MR) is 104 cm³/mol. The van der Waals surface area contributed by atoms with E-state index in [0.29, 0.717) is 32.5 Å². The average molecular weight is 385 g/mol. The lowest BCUT2D eigenvalue weighted by Crippen LogP contribution is -2.42. The van der Waals surface area contributed by atoms with Gasteiger partial charge >= 0.3 is 12.0 Å². The number of aromatic nitrogens is 1. The third kappa shape index (κ3) is 3.43. The molecule has 1 aliphatic heterocycles. The molecule has 1 aromatic heterocycles. The standard InChI is InChI=1S/C20H23N3O3S/c24-18(25)20-9-4-7-15(20)11-23(13-20)19(26)21-10-8-16-12-27-17(22-16)14-5-2-1-3-6-14/h1-3,5-6,12,15H,4,7-11,13H2,(H,21,26)(H,24,25)/t15-,20+/m0/s1. The second-order valence-electron chi connectivity index (χ2n) is 7.42. The molecule has 2 atom stereocenters. The number of benzene rings is 1. The number of urea groups is 1. The highest BCUT2D eigenvalue weighted by molar-refractivity contribution is 7.13. The molecule has 2 fully saturated rings. The summed E-state index contributed by atoms with van der Waals surface area (Å²) in [6.45, 7) is 1.37. The van der Waals surface area contributed by atoms with Crippen molar-refractivity contribution in [2.24, 2.45) is 11.3 Å². The second kappa shape index (κ2) is 7.31. The van der Waals surface area contributed by atoms with E-state index in [1.807, 2.05) is 35.7 Å². The lowest BCUT2D eigenvalue weighted by molar-refractivity contribution is -0.149. The molecular formula is C20H23N3O3S. The van der Waals surface area contributed by atoms with E-state index in [-0.39, 0.29) is 11.9 Å². The van der Waals surface area contributed by atoms with Crippen molar-refractivity contribution in [3.8, 4) is 10.6 Å². The molecule has 2 N–H and O–H groups in total. The SMILES string of the molecule is O=C(NCCc1csc(-c2ccccc2)n1)N1C[C@@H]2CCC[C@@]2(C(=O)O)C1. The first-order valence-corrected chi connectivity index (χ1v) is 10.2. The number of likely N-dealkylation sites (tertiary alicyclic amines) is 1. The Balaban J connectivity index is 1.29. The van der Waals surface area contributed by atoms with Gasteiger partial charge in [-0.3, -0.25) is 4.79 Å². The molecule has 6 nitrogen and oxygen atoms in total. The molecule has 0 spiro atoms. The van der Waals surface area contributed by atoms with Gasteiger partial charge in [-0.05, 0) is 18.8 Å². The highest BCUT2D eigenvalue weighted by Crippen LogP contribution is 2.48. The van der Waals surface area contributed by atoms with Crippen LogP contribution in [0.3, 0.4) is 0 Å². The van der Waals surface area contributed by atoms with Crippen LogP contribution in [0.15, 0.2) is 35.7 Å². The molecule has 1 aliphatic carbocycles. The highest BCUT2D eigenvalue weighted by Gasteiger charge is 2.55. The Morgan fingerprint density at radius 1 is 1.33 bits per heavy atom. The van der Waals surface area contributed by atoms with Gasteiger partial charge in [0.1, 0.15) is 5.01 Å². The van der Waals surface area contributed by atoms with E-state index in [9.17, 15) is 14.7 Å². The molecular weight excluding hydrogens is 362 g/mol. The van der Waals surface area contributed by atoms with Gasteiger partial charge in [-0.15, -0.1) is 11.3 Å². The van der Waals surface area contributed by atoms with Gasteiger partial charge in [0.2, 0.25) is 0 Å². The number of carbonyl (C=O) groups excluding carboxylic acids is 1. The summed E-state index contributed by atoms with van der Waals surface area (Å²) in [4.78, 5) is 30.5. The maximum Gasteiger partial charge on any atom is 0.317 e. The third-order valence-corrected chi connectivity index (χ3v) is 6.75. The number of nitrogens with zero attached hydrogens (tertiary/aromatic N) is 2. The molecule has 0 unspecified atom stereocenters. The van der Waals surface area contributed by atoms with Crippen LogP contribution in [0.1, 0.15) is 25.0 Å². The number of thiazole rings is 1. The average Bonchev–Trinajstić information content (AvgIpc) is 3.36. The number of carboxylic acids is 1. The number of hydrogen-bond acceptors (Lipinski definition) is 4. The highest BCUT2D eigenvalue weighted by atomic mass is 32.1. The normalized spacial score (nSPS) is 24.0. The Kier molecular flexibility index (Phi) is 4.86. The smallest absolute Gasteiger partial charge is 0.317 e. The zero-order valence-electron chi connectivity index (χ0n) is 15.1. The van der Waals surface area contributed by atoms with Gasteiger partial charge in [-0.25, -0.2) is 9.78 Å². The number of aliphatic carboxylic acids is 1. The van der Waals surface area contributed by atoms with Gasteiger partial charge in [-0.2, -0.15) is 0 Å². The van der Waals surface area contributed by atoms with Crippen molar-refractivity contribution in [3.63, 3.8) is 0 Å². The molecule has 7 heteroatoms. The fourth-order valence-electron chi connectivity index (χ4n) is 4.34. The number of hydrogen-bond donors (Lipinski definition) is 2. The quantitative estimate of drug-likeness (QED) is 0.828. The number of carbonyl (C=O) groups is 2. The lowest BCUT2D eigenvalue weighted by atomic mass is 9.81. The van der Waals surface area contributed by atoms with Crippen LogP contribution in [0, 0.1) is 11.3 Å². The van der Waals surface area contributed by atoms with E-state index in [1.54, 1.807) is 16.2 Å². The molecule has 1 saturated carbocycles. The van der Waals surface area contributed by atoms with Crippen LogP contribution in [-0.2, 0) is 11.2 Å². The molecule has 1 aromatic carbocycles. The first-order valence-electron chi connectivity index (χ1n) is 9.34. The van der Waals surface area contributed by atoms with Crippen molar-refractivity contribution in [1.29, 1.82) is 0 Å². The minimum Gasteiger partial charge on any atom is -0.481 e. The van der Waals surface area contributed by atoms with Gasteiger partial charge in [-0.1, -0.05) is 36.8 Å². The number of fused-ring (bicyclic) bond motifs is 1. The Hall–Kier alpha value is -2.41. The fraction of sp³-hybridized carbons (Fsp3) is 0.450. The van der Waals surface area contributed by atoms with E-state index >= 15 is 0 Å². The number of carboxylic acid groups (broad SMARTS) is 1. The molecule has 4 rings (SSSR count). The Morgan fingerprint density at radius 3 is 2.89 bits per heavy atom. The van der Waals surface area contributed by atoms with Crippen molar-refractivity contribution in [1.82, 2.24) is 15.2 Å². The van der Waals surface area contributed by atoms with Crippen molar-refractivity contribution in [2.45, 2.75) is 25.7 Å². The molecule has 2 aromatic rings. The molecule has 142 valence electrons. The zero-order valence-corrected chi connectivity index (χ0v) is 15.9. The number of amides is 2. The first-order chi connectivity index (χ1) is 13.1. The molecule has 2 aliphatic rings. The summed E-state index contributed by atoms with van der Waals surface area (Å²) in [6.07, 6.45) is 3.19.